The van der Waals surface area contributed by atoms with E-state index in [0.717, 1.165) is 45.0 Å². The smallest absolute Gasteiger partial charge is 0.231 e. The number of imidazole rings is 1. The molecule has 0 aliphatic carbocycles. The molecule has 0 atom stereocenters. The van der Waals surface area contributed by atoms with E-state index in [1.165, 1.54) is 0 Å². The SMILES string of the molecule is Cc1nc2ccccn2c1-c1csc(Nc2ccc3c(c2)OCO3)n1. The van der Waals surface area contributed by atoms with E-state index in [-0.39, 0.29) is 6.79 Å². The largest absolute Gasteiger partial charge is 0.454 e. The molecule has 6 nitrogen and oxygen atoms in total. The van der Waals surface area contributed by atoms with Crippen LogP contribution in [-0.4, -0.2) is 21.2 Å². The number of fused-ring (bicyclic) bond motifs is 2. The van der Waals surface area contributed by atoms with Crippen molar-refractivity contribution in [1.29, 1.82) is 0 Å². The average molecular weight is 350 g/mol. The van der Waals surface area contributed by atoms with Gasteiger partial charge in [0.25, 0.3) is 0 Å². The quantitative estimate of drug-likeness (QED) is 0.599. The van der Waals surface area contributed by atoms with E-state index in [0.29, 0.717) is 0 Å². The van der Waals surface area contributed by atoms with E-state index in [2.05, 4.69) is 14.7 Å². The van der Waals surface area contributed by atoms with Crippen molar-refractivity contribution in [2.75, 3.05) is 12.1 Å². The van der Waals surface area contributed by atoms with Gasteiger partial charge in [-0.1, -0.05) is 6.07 Å². The molecule has 124 valence electrons. The Labute approximate surface area is 147 Å². The van der Waals surface area contributed by atoms with Crippen molar-refractivity contribution in [1.82, 2.24) is 14.4 Å². The van der Waals surface area contributed by atoms with Gasteiger partial charge in [0.15, 0.2) is 16.6 Å². The highest BCUT2D eigenvalue weighted by atomic mass is 32.1. The summed E-state index contributed by atoms with van der Waals surface area (Å²) in [5.41, 5.74) is 4.73. The summed E-state index contributed by atoms with van der Waals surface area (Å²) in [6, 6.07) is 11.7. The van der Waals surface area contributed by atoms with Crippen LogP contribution in [0.1, 0.15) is 5.69 Å². The summed E-state index contributed by atoms with van der Waals surface area (Å²) in [5.74, 6) is 1.52. The second kappa shape index (κ2) is 5.49. The number of hydrogen-bond acceptors (Lipinski definition) is 6. The van der Waals surface area contributed by atoms with Crippen LogP contribution in [-0.2, 0) is 0 Å². The zero-order valence-electron chi connectivity index (χ0n) is 13.4. The fourth-order valence-electron chi connectivity index (χ4n) is 2.96. The molecule has 1 aromatic carbocycles. The van der Waals surface area contributed by atoms with Crippen molar-refractivity contribution in [2.45, 2.75) is 6.92 Å². The van der Waals surface area contributed by atoms with Gasteiger partial charge in [0, 0.05) is 23.3 Å². The van der Waals surface area contributed by atoms with Gasteiger partial charge in [-0.15, -0.1) is 11.3 Å². The Hall–Kier alpha value is -3.06. The first-order chi connectivity index (χ1) is 12.3. The Morgan fingerprint density at radius 3 is 3.00 bits per heavy atom. The highest BCUT2D eigenvalue weighted by molar-refractivity contribution is 7.14. The summed E-state index contributed by atoms with van der Waals surface area (Å²) < 4.78 is 12.8. The minimum atomic E-state index is 0.272. The fourth-order valence-corrected chi connectivity index (χ4v) is 3.68. The topological polar surface area (TPSA) is 60.7 Å². The zero-order chi connectivity index (χ0) is 16.8. The molecular formula is C18H14N4O2S. The molecule has 4 aromatic rings. The van der Waals surface area contributed by atoms with E-state index >= 15 is 0 Å². The lowest BCUT2D eigenvalue weighted by Crippen LogP contribution is -1.93. The van der Waals surface area contributed by atoms with Crippen molar-refractivity contribution < 1.29 is 9.47 Å². The zero-order valence-corrected chi connectivity index (χ0v) is 14.2. The number of rotatable bonds is 3. The number of pyridine rings is 1. The number of nitrogens with zero attached hydrogens (tertiary/aromatic N) is 3. The minimum absolute atomic E-state index is 0.272. The van der Waals surface area contributed by atoms with Gasteiger partial charge in [-0.3, -0.25) is 4.40 Å². The Morgan fingerprint density at radius 2 is 2.04 bits per heavy atom. The second-order valence-corrected chi connectivity index (χ2v) is 6.56. The number of thiazole rings is 1. The van der Waals surface area contributed by atoms with Crippen molar-refractivity contribution in [3.63, 3.8) is 0 Å². The van der Waals surface area contributed by atoms with Crippen LogP contribution in [0.5, 0.6) is 11.5 Å². The molecule has 0 fully saturated rings. The molecule has 0 spiro atoms. The molecule has 1 aliphatic rings. The maximum atomic E-state index is 5.41. The monoisotopic (exact) mass is 350 g/mol. The van der Waals surface area contributed by atoms with Crippen molar-refractivity contribution in [2.24, 2.45) is 0 Å². The molecule has 1 aliphatic heterocycles. The van der Waals surface area contributed by atoms with Gasteiger partial charge >= 0.3 is 0 Å². The van der Waals surface area contributed by atoms with Crippen LogP contribution in [0, 0.1) is 6.92 Å². The molecule has 7 heteroatoms. The number of benzene rings is 1. The van der Waals surface area contributed by atoms with Crippen molar-refractivity contribution >= 4 is 27.8 Å². The van der Waals surface area contributed by atoms with Crippen molar-refractivity contribution in [3.05, 3.63) is 53.7 Å². The van der Waals surface area contributed by atoms with Crippen molar-refractivity contribution in [3.8, 4) is 22.9 Å². The molecule has 0 saturated carbocycles. The average Bonchev–Trinajstić information content (AvgIpc) is 3.32. The number of nitrogens with one attached hydrogen (secondary N) is 1. The summed E-state index contributed by atoms with van der Waals surface area (Å²) in [4.78, 5) is 9.33. The van der Waals surface area contributed by atoms with Gasteiger partial charge in [-0.25, -0.2) is 9.97 Å². The first-order valence-corrected chi connectivity index (χ1v) is 8.72. The predicted molar refractivity (Wildman–Crippen MR) is 96.9 cm³/mol. The molecule has 3 aromatic heterocycles. The van der Waals surface area contributed by atoms with E-state index in [1.54, 1.807) is 11.3 Å². The number of ether oxygens (including phenoxy) is 2. The molecule has 25 heavy (non-hydrogen) atoms. The third-order valence-corrected chi connectivity index (χ3v) is 4.83. The van der Waals surface area contributed by atoms with Gasteiger partial charge in [0.1, 0.15) is 11.3 Å². The lowest BCUT2D eigenvalue weighted by atomic mass is 10.3. The van der Waals surface area contributed by atoms with Crippen LogP contribution < -0.4 is 14.8 Å². The van der Waals surface area contributed by atoms with Gasteiger partial charge in [0.05, 0.1) is 11.4 Å². The van der Waals surface area contributed by atoms with Gasteiger partial charge in [0.2, 0.25) is 6.79 Å². The summed E-state index contributed by atoms with van der Waals surface area (Å²) in [6.45, 7) is 2.28. The molecule has 0 radical (unpaired) electrons. The maximum Gasteiger partial charge on any atom is 0.231 e. The normalized spacial score (nSPS) is 12.7. The van der Waals surface area contributed by atoms with Crippen LogP contribution >= 0.6 is 11.3 Å². The van der Waals surface area contributed by atoms with Crippen LogP contribution in [0.2, 0.25) is 0 Å². The van der Waals surface area contributed by atoms with E-state index < -0.39 is 0 Å². The standard InChI is InChI=1S/C18H14N4O2S/c1-11-17(22-7-3-2-4-16(22)19-11)13-9-25-18(21-13)20-12-5-6-14-15(8-12)24-10-23-14/h2-9H,10H2,1H3,(H,20,21). The molecule has 5 rings (SSSR count). The van der Waals surface area contributed by atoms with Crippen LogP contribution in [0.25, 0.3) is 17.0 Å². The van der Waals surface area contributed by atoms with Gasteiger partial charge in [-0.05, 0) is 31.2 Å². The summed E-state index contributed by atoms with van der Waals surface area (Å²) in [5, 5.41) is 6.18. The first kappa shape index (κ1) is 14.3. The maximum absolute atomic E-state index is 5.41. The minimum Gasteiger partial charge on any atom is -0.454 e. The second-order valence-electron chi connectivity index (χ2n) is 5.71. The van der Waals surface area contributed by atoms with Gasteiger partial charge < -0.3 is 14.8 Å². The fraction of sp³-hybridized carbons (Fsp3) is 0.111. The Morgan fingerprint density at radius 1 is 1.12 bits per heavy atom. The van der Waals surface area contributed by atoms with Crippen LogP contribution in [0.3, 0.4) is 0 Å². The highest BCUT2D eigenvalue weighted by Crippen LogP contribution is 2.36. The predicted octanol–water partition coefficient (Wildman–Crippen LogP) is 4.24. The van der Waals surface area contributed by atoms with Gasteiger partial charge in [-0.2, -0.15) is 0 Å². The number of aromatic nitrogens is 3. The van der Waals surface area contributed by atoms with E-state index in [4.69, 9.17) is 14.5 Å². The summed E-state index contributed by atoms with van der Waals surface area (Å²) in [7, 11) is 0. The van der Waals surface area contributed by atoms with Crippen LogP contribution in [0.4, 0.5) is 10.8 Å². The Bertz CT molecular complexity index is 1090. The lowest BCUT2D eigenvalue weighted by Gasteiger charge is -2.04. The molecular weight excluding hydrogens is 336 g/mol. The van der Waals surface area contributed by atoms with E-state index in [1.807, 2.05) is 54.9 Å². The molecule has 1 N–H and O–H groups in total. The molecule has 0 bridgehead atoms. The summed E-state index contributed by atoms with van der Waals surface area (Å²) >= 11 is 1.56. The molecule has 0 unspecified atom stereocenters. The molecule has 4 heterocycles. The Balaban J connectivity index is 1.48. The van der Waals surface area contributed by atoms with E-state index in [9.17, 15) is 0 Å². The third-order valence-electron chi connectivity index (χ3n) is 4.07. The Kier molecular flexibility index (Phi) is 3.14. The lowest BCUT2D eigenvalue weighted by molar-refractivity contribution is 0.174. The molecule has 0 amide bonds. The number of anilines is 2. The summed E-state index contributed by atoms with van der Waals surface area (Å²) in [6.07, 6.45) is 2.01. The molecule has 0 saturated heterocycles. The number of aryl methyl sites for hydroxylation is 1. The number of hydrogen-bond donors (Lipinski definition) is 1. The third kappa shape index (κ3) is 2.40. The first-order valence-electron chi connectivity index (χ1n) is 7.84. The van der Waals surface area contributed by atoms with Crippen LogP contribution in [0.15, 0.2) is 48.0 Å². The highest BCUT2D eigenvalue weighted by Gasteiger charge is 2.16.